The lowest BCUT2D eigenvalue weighted by Gasteiger charge is -2.22. The molecule has 0 heterocycles. The average molecular weight is 329 g/mol. The number of aliphatic hydroxyl groups excluding tert-OH is 1. The highest BCUT2D eigenvalue weighted by Gasteiger charge is 2.15. The number of hydrogen-bond acceptors (Lipinski definition) is 2. The molecule has 0 aromatic heterocycles. The molecule has 3 heteroatoms. The number of carboxylic acid groups (broad SMARTS) is 1. The lowest BCUT2D eigenvalue weighted by atomic mass is 9.86. The summed E-state index contributed by atoms with van der Waals surface area (Å²) in [5.74, 6) is 0.386. The summed E-state index contributed by atoms with van der Waals surface area (Å²) < 4.78 is 0. The van der Waals surface area contributed by atoms with Gasteiger partial charge in [-0.1, -0.05) is 84.5 Å². The zero-order valence-electron chi connectivity index (χ0n) is 15.6. The topological polar surface area (TPSA) is 57.5 Å². The summed E-state index contributed by atoms with van der Waals surface area (Å²) in [7, 11) is 0. The number of aliphatic carboxylic acids is 1. The van der Waals surface area contributed by atoms with Crippen molar-refractivity contribution in [3.63, 3.8) is 0 Å². The molecule has 0 saturated heterocycles. The van der Waals surface area contributed by atoms with Gasteiger partial charge >= 0.3 is 5.97 Å². The van der Waals surface area contributed by atoms with Crippen LogP contribution in [0.4, 0.5) is 0 Å². The number of hydrogen-bond donors (Lipinski definition) is 2. The normalized spacial score (nSPS) is 13.9. The standard InChI is InChI=1S/C20H40O3/c1-3-4-5-6-8-11-14-18(2)19(17-21)15-12-9-7-10-13-16-20(22)23/h18-19,21H,3-17H2,1-2H3,(H,22,23). The second-order valence-electron chi connectivity index (χ2n) is 7.18. The van der Waals surface area contributed by atoms with E-state index < -0.39 is 5.97 Å². The predicted molar refractivity (Wildman–Crippen MR) is 97.7 cm³/mol. The van der Waals surface area contributed by atoms with Gasteiger partial charge in [-0.3, -0.25) is 4.79 Å². The smallest absolute Gasteiger partial charge is 0.303 e. The molecule has 2 atom stereocenters. The predicted octanol–water partition coefficient (Wildman–Crippen LogP) is 5.80. The minimum Gasteiger partial charge on any atom is -0.481 e. The third-order valence-electron chi connectivity index (χ3n) is 5.02. The Morgan fingerprint density at radius 3 is 1.91 bits per heavy atom. The summed E-state index contributed by atoms with van der Waals surface area (Å²) in [6.07, 6.45) is 16.0. The van der Waals surface area contributed by atoms with Crippen LogP contribution in [0.2, 0.25) is 0 Å². The Morgan fingerprint density at radius 1 is 0.826 bits per heavy atom. The quantitative estimate of drug-likeness (QED) is 0.332. The van der Waals surface area contributed by atoms with E-state index in [-0.39, 0.29) is 0 Å². The molecule has 0 saturated carbocycles. The lowest BCUT2D eigenvalue weighted by molar-refractivity contribution is -0.137. The minimum absolute atomic E-state index is 0.300. The van der Waals surface area contributed by atoms with Crippen molar-refractivity contribution in [1.82, 2.24) is 0 Å². The molecule has 0 aliphatic rings. The maximum atomic E-state index is 10.4. The third-order valence-corrected chi connectivity index (χ3v) is 5.02. The van der Waals surface area contributed by atoms with Gasteiger partial charge in [-0.25, -0.2) is 0 Å². The Labute approximate surface area is 143 Å². The number of carbonyl (C=O) groups is 1. The second-order valence-corrected chi connectivity index (χ2v) is 7.18. The van der Waals surface area contributed by atoms with E-state index in [2.05, 4.69) is 13.8 Å². The molecule has 0 radical (unpaired) electrons. The van der Waals surface area contributed by atoms with E-state index in [9.17, 15) is 9.90 Å². The average Bonchev–Trinajstić information content (AvgIpc) is 2.53. The van der Waals surface area contributed by atoms with Crippen LogP contribution < -0.4 is 0 Å². The van der Waals surface area contributed by atoms with Crippen molar-refractivity contribution in [2.75, 3.05) is 6.61 Å². The fourth-order valence-corrected chi connectivity index (χ4v) is 3.25. The first-order chi connectivity index (χ1) is 11.1. The molecule has 3 nitrogen and oxygen atoms in total. The second kappa shape index (κ2) is 16.3. The summed E-state index contributed by atoms with van der Waals surface area (Å²) in [4.78, 5) is 10.4. The largest absolute Gasteiger partial charge is 0.481 e. The summed E-state index contributed by atoms with van der Waals surface area (Å²) in [6.45, 7) is 4.86. The molecule has 2 unspecified atom stereocenters. The molecule has 0 spiro atoms. The van der Waals surface area contributed by atoms with Gasteiger partial charge in [-0.05, 0) is 24.7 Å². The number of unbranched alkanes of at least 4 members (excludes halogenated alkanes) is 9. The van der Waals surface area contributed by atoms with Gasteiger partial charge in [0.1, 0.15) is 0 Å². The van der Waals surface area contributed by atoms with Gasteiger partial charge in [0.15, 0.2) is 0 Å². The Hall–Kier alpha value is -0.570. The van der Waals surface area contributed by atoms with Crippen LogP contribution in [0, 0.1) is 11.8 Å². The molecule has 0 amide bonds. The van der Waals surface area contributed by atoms with E-state index in [1.165, 1.54) is 57.8 Å². The van der Waals surface area contributed by atoms with Gasteiger partial charge in [0, 0.05) is 13.0 Å². The molecular formula is C20H40O3. The van der Waals surface area contributed by atoms with Crippen LogP contribution in [0.3, 0.4) is 0 Å². The van der Waals surface area contributed by atoms with Crippen LogP contribution in [0.5, 0.6) is 0 Å². The summed E-state index contributed by atoms with van der Waals surface area (Å²) in [5.41, 5.74) is 0. The molecule has 0 bridgehead atoms. The van der Waals surface area contributed by atoms with Gasteiger partial charge in [0.05, 0.1) is 0 Å². The monoisotopic (exact) mass is 328 g/mol. The Morgan fingerprint density at radius 2 is 1.35 bits per heavy atom. The first-order valence-electron chi connectivity index (χ1n) is 9.94. The van der Waals surface area contributed by atoms with Crippen LogP contribution in [0.25, 0.3) is 0 Å². The number of rotatable bonds is 17. The SMILES string of the molecule is CCCCCCCCC(C)C(CO)CCCCCCCC(=O)O. The van der Waals surface area contributed by atoms with Crippen LogP contribution in [0.1, 0.15) is 104 Å². The first kappa shape index (κ1) is 22.4. The molecule has 0 aliphatic heterocycles. The molecule has 0 aromatic carbocycles. The summed E-state index contributed by atoms with van der Waals surface area (Å²) >= 11 is 0. The van der Waals surface area contributed by atoms with Gasteiger partial charge < -0.3 is 10.2 Å². The lowest BCUT2D eigenvalue weighted by Crippen LogP contribution is -2.16. The van der Waals surface area contributed by atoms with Crippen molar-refractivity contribution in [3.05, 3.63) is 0 Å². The Kier molecular flexibility index (Phi) is 15.9. The third kappa shape index (κ3) is 14.7. The maximum Gasteiger partial charge on any atom is 0.303 e. The van der Waals surface area contributed by atoms with Crippen molar-refractivity contribution in [2.45, 2.75) is 104 Å². The highest BCUT2D eigenvalue weighted by atomic mass is 16.4. The van der Waals surface area contributed by atoms with Crippen molar-refractivity contribution in [3.8, 4) is 0 Å². The molecule has 138 valence electrons. The van der Waals surface area contributed by atoms with Gasteiger partial charge in [-0.15, -0.1) is 0 Å². The molecule has 0 aliphatic carbocycles. The van der Waals surface area contributed by atoms with E-state index in [1.807, 2.05) is 0 Å². The van der Waals surface area contributed by atoms with E-state index in [4.69, 9.17) is 5.11 Å². The van der Waals surface area contributed by atoms with E-state index in [0.29, 0.717) is 24.9 Å². The fourth-order valence-electron chi connectivity index (χ4n) is 3.25. The van der Waals surface area contributed by atoms with Crippen LogP contribution in [-0.2, 0) is 4.79 Å². The Bertz CT molecular complexity index is 266. The van der Waals surface area contributed by atoms with Crippen LogP contribution in [0.15, 0.2) is 0 Å². The van der Waals surface area contributed by atoms with E-state index in [0.717, 1.165) is 25.7 Å². The van der Waals surface area contributed by atoms with E-state index >= 15 is 0 Å². The maximum absolute atomic E-state index is 10.4. The highest BCUT2D eigenvalue weighted by molar-refractivity contribution is 5.66. The molecule has 2 N–H and O–H groups in total. The molecule has 0 fully saturated rings. The van der Waals surface area contributed by atoms with Gasteiger partial charge in [0.2, 0.25) is 0 Å². The molecule has 0 aromatic rings. The van der Waals surface area contributed by atoms with Crippen LogP contribution in [-0.4, -0.2) is 22.8 Å². The molecule has 23 heavy (non-hydrogen) atoms. The van der Waals surface area contributed by atoms with Gasteiger partial charge in [0.25, 0.3) is 0 Å². The van der Waals surface area contributed by atoms with Crippen LogP contribution >= 0.6 is 0 Å². The van der Waals surface area contributed by atoms with Crippen molar-refractivity contribution in [2.24, 2.45) is 11.8 Å². The van der Waals surface area contributed by atoms with Gasteiger partial charge in [-0.2, -0.15) is 0 Å². The summed E-state index contributed by atoms with van der Waals surface area (Å²) in [6, 6.07) is 0. The first-order valence-corrected chi connectivity index (χ1v) is 9.94. The number of aliphatic hydroxyl groups is 1. The minimum atomic E-state index is -0.686. The van der Waals surface area contributed by atoms with Crippen molar-refractivity contribution < 1.29 is 15.0 Å². The fraction of sp³-hybridized carbons (Fsp3) is 0.950. The highest BCUT2D eigenvalue weighted by Crippen LogP contribution is 2.24. The molecule has 0 rings (SSSR count). The molecular weight excluding hydrogens is 288 g/mol. The Balaban J connectivity index is 3.57. The van der Waals surface area contributed by atoms with Crippen molar-refractivity contribution in [1.29, 1.82) is 0 Å². The van der Waals surface area contributed by atoms with E-state index in [1.54, 1.807) is 0 Å². The zero-order valence-corrected chi connectivity index (χ0v) is 15.6. The zero-order chi connectivity index (χ0) is 17.3. The van der Waals surface area contributed by atoms with Crippen molar-refractivity contribution >= 4 is 5.97 Å². The summed E-state index contributed by atoms with van der Waals surface area (Å²) in [5, 5.41) is 18.2. The number of carboxylic acids is 1.